The van der Waals surface area contributed by atoms with E-state index < -0.39 is 0 Å². The van der Waals surface area contributed by atoms with Gasteiger partial charge in [0.15, 0.2) is 0 Å². The Bertz CT molecular complexity index is 689. The summed E-state index contributed by atoms with van der Waals surface area (Å²) >= 11 is 0. The summed E-state index contributed by atoms with van der Waals surface area (Å²) in [5.41, 5.74) is 3.45. The molecule has 0 heterocycles. The number of nitrogens with one attached hydrogen (secondary N) is 2. The molecule has 3 rings (SSSR count). The van der Waals surface area contributed by atoms with Crippen LogP contribution < -0.4 is 10.6 Å². The first-order valence-electron chi connectivity index (χ1n) is 8.32. The first-order chi connectivity index (χ1) is 11.8. The van der Waals surface area contributed by atoms with Gasteiger partial charge >= 0.3 is 0 Å². The molecule has 1 aliphatic rings. The van der Waals surface area contributed by atoms with Crippen LogP contribution in [0.25, 0.3) is 0 Å². The zero-order valence-electron chi connectivity index (χ0n) is 14.0. The van der Waals surface area contributed by atoms with E-state index in [0.717, 1.165) is 24.2 Å². The summed E-state index contributed by atoms with van der Waals surface area (Å²) < 4.78 is 0. The van der Waals surface area contributed by atoms with Crippen molar-refractivity contribution < 1.29 is 5.48 Å². The minimum Gasteiger partial charge on any atom is -0.412 e. The highest BCUT2D eigenvalue weighted by Crippen LogP contribution is 2.25. The van der Waals surface area contributed by atoms with Gasteiger partial charge in [0.1, 0.15) is 0 Å². The Labute approximate surface area is 148 Å². The molecule has 2 aromatic rings. The van der Waals surface area contributed by atoms with Crippen LogP contribution in [0.1, 0.15) is 36.8 Å². The smallest absolute Gasteiger partial charge is 0.0991 e. The average molecular weight is 334 g/mol. The number of nitriles is 2. The molecule has 128 valence electrons. The molecule has 1 fully saturated rings. The maximum Gasteiger partial charge on any atom is 0.0991 e. The van der Waals surface area contributed by atoms with Crippen molar-refractivity contribution in [3.8, 4) is 12.1 Å². The Balaban J connectivity index is 0.00000225. The normalized spacial score (nSPS) is 19.0. The van der Waals surface area contributed by atoms with E-state index in [9.17, 15) is 0 Å². The first kappa shape index (κ1) is 18.3. The lowest BCUT2D eigenvalue weighted by atomic mass is 9.89. The van der Waals surface area contributed by atoms with Gasteiger partial charge in [-0.05, 0) is 61.4 Å². The minimum absolute atomic E-state index is 0. The number of hydrogen-bond acceptors (Lipinski definition) is 4. The number of anilines is 2. The lowest BCUT2D eigenvalue weighted by Gasteiger charge is -2.34. The van der Waals surface area contributed by atoms with Crippen LogP contribution in [-0.2, 0) is 0 Å². The lowest BCUT2D eigenvalue weighted by molar-refractivity contribution is 0.424. The standard InChI is InChI=1S/C20H20N4.H2O/c21-13-15-5-9-17(10-6-15)23-19-3-1-2-4-20(19)24-18-11-7-16(14-22)8-12-18;/h5-12,19-20,23-24H,1-4H2;1H2/t19-,20-;/m1./s1. The Morgan fingerprint density at radius 2 is 1.04 bits per heavy atom. The van der Waals surface area contributed by atoms with E-state index in [1.165, 1.54) is 12.8 Å². The first-order valence-corrected chi connectivity index (χ1v) is 8.32. The van der Waals surface area contributed by atoms with Crippen molar-refractivity contribution in [3.05, 3.63) is 59.7 Å². The summed E-state index contributed by atoms with van der Waals surface area (Å²) in [7, 11) is 0. The van der Waals surface area contributed by atoms with Crippen LogP contribution in [0.2, 0.25) is 0 Å². The average Bonchev–Trinajstić information content (AvgIpc) is 2.64. The summed E-state index contributed by atoms with van der Waals surface area (Å²) in [6.07, 6.45) is 4.68. The van der Waals surface area contributed by atoms with Crippen LogP contribution in [0.4, 0.5) is 11.4 Å². The predicted molar refractivity (Wildman–Crippen MR) is 99.2 cm³/mol. The van der Waals surface area contributed by atoms with E-state index in [2.05, 4.69) is 22.8 Å². The van der Waals surface area contributed by atoms with Crippen LogP contribution in [0.3, 0.4) is 0 Å². The largest absolute Gasteiger partial charge is 0.412 e. The molecule has 5 nitrogen and oxygen atoms in total. The summed E-state index contributed by atoms with van der Waals surface area (Å²) in [6.45, 7) is 0. The van der Waals surface area contributed by atoms with E-state index in [1.807, 2.05) is 48.5 Å². The monoisotopic (exact) mass is 334 g/mol. The Morgan fingerprint density at radius 1 is 0.680 bits per heavy atom. The van der Waals surface area contributed by atoms with E-state index in [-0.39, 0.29) is 5.48 Å². The molecule has 0 radical (unpaired) electrons. The second-order valence-corrected chi connectivity index (χ2v) is 6.16. The van der Waals surface area contributed by atoms with Crippen molar-refractivity contribution in [1.82, 2.24) is 0 Å². The van der Waals surface area contributed by atoms with Gasteiger partial charge in [-0.3, -0.25) is 0 Å². The van der Waals surface area contributed by atoms with Gasteiger partial charge < -0.3 is 16.1 Å². The van der Waals surface area contributed by atoms with Gasteiger partial charge in [-0.2, -0.15) is 10.5 Å². The third-order valence-corrected chi connectivity index (χ3v) is 4.50. The highest BCUT2D eigenvalue weighted by molar-refractivity contribution is 5.51. The van der Waals surface area contributed by atoms with Gasteiger partial charge in [0.05, 0.1) is 23.3 Å². The van der Waals surface area contributed by atoms with Crippen molar-refractivity contribution >= 4 is 11.4 Å². The van der Waals surface area contributed by atoms with Crippen molar-refractivity contribution in [3.63, 3.8) is 0 Å². The van der Waals surface area contributed by atoms with Gasteiger partial charge in [0, 0.05) is 23.5 Å². The van der Waals surface area contributed by atoms with Crippen molar-refractivity contribution in [2.45, 2.75) is 37.8 Å². The van der Waals surface area contributed by atoms with Gasteiger partial charge in [-0.15, -0.1) is 0 Å². The maximum absolute atomic E-state index is 8.89. The molecule has 2 aromatic carbocycles. The SMILES string of the molecule is N#Cc1ccc(N[C@@H]2CCCC[C@H]2Nc2ccc(C#N)cc2)cc1.O. The summed E-state index contributed by atoms with van der Waals surface area (Å²) in [4.78, 5) is 0. The third kappa shape index (κ3) is 4.73. The molecular weight excluding hydrogens is 312 g/mol. The number of benzene rings is 2. The van der Waals surface area contributed by atoms with E-state index in [4.69, 9.17) is 10.5 Å². The molecule has 2 atom stereocenters. The number of hydrogen-bond donors (Lipinski definition) is 2. The molecule has 0 aliphatic heterocycles. The van der Waals surface area contributed by atoms with E-state index >= 15 is 0 Å². The minimum atomic E-state index is 0. The molecule has 0 spiro atoms. The molecule has 5 heteroatoms. The van der Waals surface area contributed by atoms with E-state index in [1.54, 1.807) is 0 Å². The second kappa shape index (κ2) is 8.73. The van der Waals surface area contributed by atoms with Crippen LogP contribution in [0, 0.1) is 22.7 Å². The van der Waals surface area contributed by atoms with Gasteiger partial charge in [0.2, 0.25) is 0 Å². The Kier molecular flexibility index (Phi) is 6.39. The molecule has 4 N–H and O–H groups in total. The van der Waals surface area contributed by atoms with Gasteiger partial charge in [-0.25, -0.2) is 0 Å². The maximum atomic E-state index is 8.89. The summed E-state index contributed by atoms with van der Waals surface area (Å²) in [5.74, 6) is 0. The highest BCUT2D eigenvalue weighted by atomic mass is 16.0. The van der Waals surface area contributed by atoms with Gasteiger partial charge in [-0.1, -0.05) is 12.8 Å². The molecule has 1 aliphatic carbocycles. The fourth-order valence-electron chi connectivity index (χ4n) is 3.19. The predicted octanol–water partition coefficient (Wildman–Crippen LogP) is 3.44. The Morgan fingerprint density at radius 3 is 1.36 bits per heavy atom. The summed E-state index contributed by atoms with van der Waals surface area (Å²) in [6, 6.07) is 20.2. The number of nitrogens with zero attached hydrogens (tertiary/aromatic N) is 2. The van der Waals surface area contributed by atoms with E-state index in [0.29, 0.717) is 23.2 Å². The topological polar surface area (TPSA) is 103 Å². The van der Waals surface area contributed by atoms with Crippen LogP contribution in [-0.4, -0.2) is 17.6 Å². The molecule has 0 unspecified atom stereocenters. The fourth-order valence-corrected chi connectivity index (χ4v) is 3.19. The second-order valence-electron chi connectivity index (χ2n) is 6.16. The quantitative estimate of drug-likeness (QED) is 0.893. The third-order valence-electron chi connectivity index (χ3n) is 4.50. The molecular formula is C20H22N4O. The van der Waals surface area contributed by atoms with Crippen molar-refractivity contribution in [1.29, 1.82) is 10.5 Å². The van der Waals surface area contributed by atoms with Crippen molar-refractivity contribution in [2.24, 2.45) is 0 Å². The fraction of sp³-hybridized carbons (Fsp3) is 0.300. The summed E-state index contributed by atoms with van der Waals surface area (Å²) in [5, 5.41) is 25.0. The lowest BCUT2D eigenvalue weighted by Crippen LogP contribution is -2.41. The Hall–Kier alpha value is -3.02. The molecule has 0 bridgehead atoms. The molecule has 0 amide bonds. The van der Waals surface area contributed by atoms with Crippen molar-refractivity contribution in [2.75, 3.05) is 10.6 Å². The zero-order chi connectivity index (χ0) is 16.8. The van der Waals surface area contributed by atoms with Crippen LogP contribution >= 0.6 is 0 Å². The van der Waals surface area contributed by atoms with Gasteiger partial charge in [0.25, 0.3) is 0 Å². The number of rotatable bonds is 4. The molecule has 25 heavy (non-hydrogen) atoms. The zero-order valence-corrected chi connectivity index (χ0v) is 14.0. The molecule has 0 saturated heterocycles. The molecule has 1 saturated carbocycles. The van der Waals surface area contributed by atoms with Crippen LogP contribution in [0.15, 0.2) is 48.5 Å². The molecule has 0 aromatic heterocycles. The highest BCUT2D eigenvalue weighted by Gasteiger charge is 2.24. The van der Waals surface area contributed by atoms with Crippen LogP contribution in [0.5, 0.6) is 0 Å².